The van der Waals surface area contributed by atoms with Gasteiger partial charge >= 0.3 is 0 Å². The number of rotatable bonds is 7. The molecule has 152 valence electrons. The Bertz CT molecular complexity index is 745. The van der Waals surface area contributed by atoms with Gasteiger partial charge in [-0.05, 0) is 56.2 Å². The van der Waals surface area contributed by atoms with Crippen LogP contribution in [0.25, 0.3) is 0 Å². The van der Waals surface area contributed by atoms with Crippen LogP contribution in [0, 0.1) is 20.8 Å². The van der Waals surface area contributed by atoms with Crippen molar-refractivity contribution >= 4 is 5.69 Å². The van der Waals surface area contributed by atoms with E-state index in [1.807, 2.05) is 12.1 Å². The zero-order valence-electron chi connectivity index (χ0n) is 17.5. The van der Waals surface area contributed by atoms with E-state index in [4.69, 9.17) is 9.47 Å². The molecule has 28 heavy (non-hydrogen) atoms. The highest BCUT2D eigenvalue weighted by Gasteiger charge is 2.23. The van der Waals surface area contributed by atoms with E-state index in [0.717, 1.165) is 55.3 Å². The van der Waals surface area contributed by atoms with E-state index < -0.39 is 6.10 Å². The second kappa shape index (κ2) is 9.30. The summed E-state index contributed by atoms with van der Waals surface area (Å²) in [7, 11) is 1.69. The van der Waals surface area contributed by atoms with Crippen LogP contribution in [0.4, 0.5) is 5.69 Å². The predicted molar refractivity (Wildman–Crippen MR) is 113 cm³/mol. The Labute approximate surface area is 168 Å². The lowest BCUT2D eigenvalue weighted by molar-refractivity contribution is -0.903. The molecule has 2 aromatic carbocycles. The normalized spacial score (nSPS) is 16.1. The van der Waals surface area contributed by atoms with E-state index in [-0.39, 0.29) is 0 Å². The second-order valence-electron chi connectivity index (χ2n) is 7.83. The number of anilines is 1. The van der Waals surface area contributed by atoms with Crippen LogP contribution in [0.5, 0.6) is 11.5 Å². The van der Waals surface area contributed by atoms with E-state index in [1.165, 1.54) is 16.2 Å². The quantitative estimate of drug-likeness (QED) is 0.763. The first-order valence-corrected chi connectivity index (χ1v) is 10.1. The van der Waals surface area contributed by atoms with Gasteiger partial charge in [-0.25, -0.2) is 0 Å². The Morgan fingerprint density at radius 1 is 1.04 bits per heavy atom. The zero-order chi connectivity index (χ0) is 20.1. The summed E-state index contributed by atoms with van der Waals surface area (Å²) in [6.45, 7) is 11.3. The zero-order valence-corrected chi connectivity index (χ0v) is 17.5. The number of hydrogen-bond acceptors (Lipinski definition) is 4. The molecular weight excluding hydrogens is 352 g/mol. The number of ether oxygens (including phenoxy) is 2. The Hall–Kier alpha value is -2.24. The summed E-state index contributed by atoms with van der Waals surface area (Å²) in [6.07, 6.45) is -0.456. The number of quaternary nitrogens is 1. The molecule has 3 rings (SSSR count). The van der Waals surface area contributed by atoms with E-state index in [1.54, 1.807) is 7.11 Å². The van der Waals surface area contributed by atoms with Crippen LogP contribution in [0.3, 0.4) is 0 Å². The molecule has 0 aromatic heterocycles. The Morgan fingerprint density at radius 3 is 2.21 bits per heavy atom. The molecule has 5 heteroatoms. The third-order valence-electron chi connectivity index (χ3n) is 5.46. The highest BCUT2D eigenvalue weighted by Crippen LogP contribution is 2.24. The summed E-state index contributed by atoms with van der Waals surface area (Å²) < 4.78 is 11.2. The number of nitrogens with one attached hydrogen (secondary N) is 1. The third-order valence-corrected chi connectivity index (χ3v) is 5.46. The van der Waals surface area contributed by atoms with Crippen molar-refractivity contribution in [3.8, 4) is 11.5 Å². The summed E-state index contributed by atoms with van der Waals surface area (Å²) >= 11 is 0. The summed E-state index contributed by atoms with van der Waals surface area (Å²) in [5, 5.41) is 10.5. The Kier molecular flexibility index (Phi) is 6.81. The van der Waals surface area contributed by atoms with Gasteiger partial charge in [-0.15, -0.1) is 0 Å². The molecule has 0 spiro atoms. The van der Waals surface area contributed by atoms with Gasteiger partial charge in [0, 0.05) is 5.69 Å². The molecule has 1 saturated heterocycles. The van der Waals surface area contributed by atoms with Crippen LogP contribution in [-0.4, -0.2) is 57.7 Å². The maximum absolute atomic E-state index is 10.5. The largest absolute Gasteiger partial charge is 0.497 e. The molecule has 0 aliphatic carbocycles. The first kappa shape index (κ1) is 20.5. The standard InChI is InChI=1S/C23H32N2O3/c1-17-13-18(2)23(19(3)14-17)28-16-21(26)15-24-9-11-25(12-10-24)20-5-7-22(27-4)8-6-20/h5-8,13-14,21,26H,9-12,15-16H2,1-4H3/p+1/t21-/m0/s1. The fraction of sp³-hybridized carbons (Fsp3) is 0.478. The molecule has 1 aliphatic heterocycles. The van der Waals surface area contributed by atoms with Gasteiger partial charge in [-0.1, -0.05) is 17.7 Å². The number of benzene rings is 2. The number of piperazine rings is 1. The smallest absolute Gasteiger partial charge is 0.137 e. The number of aliphatic hydroxyl groups excluding tert-OH is 1. The molecule has 1 atom stereocenters. The van der Waals surface area contributed by atoms with Crippen LogP contribution in [0.2, 0.25) is 0 Å². The van der Waals surface area contributed by atoms with Gasteiger partial charge in [0.05, 0.1) is 33.3 Å². The van der Waals surface area contributed by atoms with Crippen molar-refractivity contribution in [2.45, 2.75) is 26.9 Å². The van der Waals surface area contributed by atoms with Gasteiger partial charge in [0.2, 0.25) is 0 Å². The molecule has 2 N–H and O–H groups in total. The van der Waals surface area contributed by atoms with Crippen molar-refractivity contribution in [3.63, 3.8) is 0 Å². The van der Waals surface area contributed by atoms with Gasteiger partial charge in [0.1, 0.15) is 30.8 Å². The van der Waals surface area contributed by atoms with Crippen molar-refractivity contribution in [2.75, 3.05) is 51.3 Å². The topological polar surface area (TPSA) is 46.4 Å². The van der Waals surface area contributed by atoms with E-state index >= 15 is 0 Å². The Balaban J connectivity index is 1.45. The molecule has 1 fully saturated rings. The lowest BCUT2D eigenvalue weighted by atomic mass is 10.1. The monoisotopic (exact) mass is 385 g/mol. The molecule has 1 heterocycles. The molecule has 1 aliphatic rings. The summed E-state index contributed by atoms with van der Waals surface area (Å²) in [4.78, 5) is 3.82. The molecule has 0 radical (unpaired) electrons. The molecule has 0 unspecified atom stereocenters. The van der Waals surface area contributed by atoms with Gasteiger partial charge in [0.15, 0.2) is 0 Å². The molecular formula is C23H33N2O3+. The highest BCUT2D eigenvalue weighted by atomic mass is 16.5. The molecule has 0 saturated carbocycles. The highest BCUT2D eigenvalue weighted by molar-refractivity contribution is 5.49. The van der Waals surface area contributed by atoms with Gasteiger partial charge < -0.3 is 24.4 Å². The Morgan fingerprint density at radius 2 is 1.64 bits per heavy atom. The average molecular weight is 386 g/mol. The van der Waals surface area contributed by atoms with Crippen LogP contribution in [0.15, 0.2) is 36.4 Å². The summed E-state index contributed by atoms with van der Waals surface area (Å²) in [5.74, 6) is 1.79. The fourth-order valence-electron chi connectivity index (χ4n) is 4.04. The van der Waals surface area contributed by atoms with Gasteiger partial charge in [-0.3, -0.25) is 0 Å². The number of methoxy groups -OCH3 is 1. The maximum Gasteiger partial charge on any atom is 0.137 e. The van der Waals surface area contributed by atoms with Crippen LogP contribution >= 0.6 is 0 Å². The number of aliphatic hydroxyl groups is 1. The third kappa shape index (κ3) is 5.18. The first-order valence-electron chi connectivity index (χ1n) is 10.1. The maximum atomic E-state index is 10.5. The minimum absolute atomic E-state index is 0.344. The second-order valence-corrected chi connectivity index (χ2v) is 7.83. The van der Waals surface area contributed by atoms with E-state index in [0.29, 0.717) is 6.61 Å². The molecule has 2 aromatic rings. The SMILES string of the molecule is COc1ccc(N2CC[NH+](C[C@H](O)COc3c(C)cc(C)cc3C)CC2)cc1. The number of aryl methyl sites for hydroxylation is 3. The lowest BCUT2D eigenvalue weighted by Gasteiger charge is -2.34. The van der Waals surface area contributed by atoms with Gasteiger partial charge in [-0.2, -0.15) is 0 Å². The van der Waals surface area contributed by atoms with Crippen LogP contribution in [0.1, 0.15) is 16.7 Å². The van der Waals surface area contributed by atoms with Crippen LogP contribution < -0.4 is 19.3 Å². The van der Waals surface area contributed by atoms with E-state index in [2.05, 4.69) is 49.9 Å². The average Bonchev–Trinajstić information content (AvgIpc) is 2.68. The van der Waals surface area contributed by atoms with Gasteiger partial charge in [0.25, 0.3) is 0 Å². The van der Waals surface area contributed by atoms with Crippen molar-refractivity contribution < 1.29 is 19.5 Å². The first-order chi connectivity index (χ1) is 13.5. The lowest BCUT2D eigenvalue weighted by Crippen LogP contribution is -3.16. The summed E-state index contributed by atoms with van der Waals surface area (Å²) in [6, 6.07) is 12.5. The van der Waals surface area contributed by atoms with Crippen molar-refractivity contribution in [1.29, 1.82) is 0 Å². The molecule has 0 bridgehead atoms. The van der Waals surface area contributed by atoms with Crippen molar-refractivity contribution in [3.05, 3.63) is 53.1 Å². The fourth-order valence-corrected chi connectivity index (χ4v) is 4.04. The molecule has 5 nitrogen and oxygen atoms in total. The predicted octanol–water partition coefficient (Wildman–Crippen LogP) is 1.77. The van der Waals surface area contributed by atoms with Crippen LogP contribution in [-0.2, 0) is 0 Å². The summed E-state index contributed by atoms with van der Waals surface area (Å²) in [5.41, 5.74) is 4.73. The van der Waals surface area contributed by atoms with Crippen molar-refractivity contribution in [1.82, 2.24) is 0 Å². The van der Waals surface area contributed by atoms with Crippen molar-refractivity contribution in [2.24, 2.45) is 0 Å². The molecule has 0 amide bonds. The minimum Gasteiger partial charge on any atom is -0.497 e. The number of nitrogens with zero attached hydrogens (tertiary/aromatic N) is 1. The number of hydrogen-bond donors (Lipinski definition) is 2. The van der Waals surface area contributed by atoms with E-state index in [9.17, 15) is 5.11 Å². The minimum atomic E-state index is -0.456.